The summed E-state index contributed by atoms with van der Waals surface area (Å²) >= 11 is 0. The van der Waals surface area contributed by atoms with Gasteiger partial charge in [-0.3, -0.25) is 9.59 Å². The second-order valence-electron chi connectivity index (χ2n) is 8.11. The van der Waals surface area contributed by atoms with Crippen LogP contribution >= 0.6 is 0 Å². The van der Waals surface area contributed by atoms with E-state index in [0.717, 1.165) is 0 Å². The van der Waals surface area contributed by atoms with E-state index in [1.54, 1.807) is 24.3 Å². The summed E-state index contributed by atoms with van der Waals surface area (Å²) in [5.41, 5.74) is 7.28. The zero-order valence-electron chi connectivity index (χ0n) is 18.7. The van der Waals surface area contributed by atoms with Crippen LogP contribution in [0.25, 0.3) is 0 Å². The molecule has 0 unspecified atom stereocenters. The first-order chi connectivity index (χ1) is 15.6. The number of phenols is 2. The molecule has 2 aromatic rings. The van der Waals surface area contributed by atoms with Gasteiger partial charge in [0.25, 0.3) is 0 Å². The lowest BCUT2D eigenvalue weighted by atomic mass is 9.98. The lowest BCUT2D eigenvalue weighted by molar-refractivity contribution is -0.142. The van der Waals surface area contributed by atoms with Crippen molar-refractivity contribution in [2.45, 2.75) is 51.2 Å². The number of carbonyl (C=O) groups is 3. The van der Waals surface area contributed by atoms with Gasteiger partial charge in [0.2, 0.25) is 11.8 Å². The Morgan fingerprint density at radius 1 is 0.818 bits per heavy atom. The van der Waals surface area contributed by atoms with Crippen molar-refractivity contribution in [3.8, 4) is 11.5 Å². The normalized spacial score (nSPS) is 14.5. The first-order valence-electron chi connectivity index (χ1n) is 10.8. The van der Waals surface area contributed by atoms with E-state index in [4.69, 9.17) is 5.73 Å². The molecule has 0 radical (unpaired) electrons. The number of nitrogens with two attached hydrogens (primary N) is 1. The van der Waals surface area contributed by atoms with Gasteiger partial charge in [-0.1, -0.05) is 44.5 Å². The summed E-state index contributed by atoms with van der Waals surface area (Å²) < 4.78 is 0. The van der Waals surface area contributed by atoms with Crippen molar-refractivity contribution < 1.29 is 29.7 Å². The zero-order valence-corrected chi connectivity index (χ0v) is 18.7. The van der Waals surface area contributed by atoms with E-state index in [0.29, 0.717) is 17.5 Å². The van der Waals surface area contributed by atoms with Gasteiger partial charge in [0.05, 0.1) is 6.04 Å². The molecule has 0 spiro atoms. The first-order valence-corrected chi connectivity index (χ1v) is 10.8. The number of nitrogens with one attached hydrogen (secondary N) is 2. The molecule has 2 aromatic carbocycles. The van der Waals surface area contributed by atoms with Crippen molar-refractivity contribution in [1.29, 1.82) is 0 Å². The molecular formula is C24H31N3O6. The lowest BCUT2D eigenvalue weighted by Gasteiger charge is -2.24. The molecule has 9 nitrogen and oxygen atoms in total. The molecule has 0 saturated heterocycles. The molecule has 0 fully saturated rings. The summed E-state index contributed by atoms with van der Waals surface area (Å²) in [6, 6.07) is 9.00. The molecule has 2 amide bonds. The molecule has 0 aromatic heterocycles. The SMILES string of the molecule is CC[C@H](C)[C@H](N)C(=O)N[C@@H](Cc1ccc(O)cc1)C(=O)N[C@@H](Cc1ccc(O)cc1)C(=O)O. The Kier molecular flexibility index (Phi) is 9.23. The highest BCUT2D eigenvalue weighted by atomic mass is 16.4. The number of carbonyl (C=O) groups excluding carboxylic acids is 2. The van der Waals surface area contributed by atoms with Gasteiger partial charge in [-0.2, -0.15) is 0 Å². The lowest BCUT2D eigenvalue weighted by Crippen LogP contribution is -2.56. The van der Waals surface area contributed by atoms with Gasteiger partial charge in [0.15, 0.2) is 0 Å². The van der Waals surface area contributed by atoms with Gasteiger partial charge in [0.1, 0.15) is 23.6 Å². The highest BCUT2D eigenvalue weighted by Gasteiger charge is 2.29. The zero-order chi connectivity index (χ0) is 24.5. The number of carboxylic acids is 1. The van der Waals surface area contributed by atoms with E-state index < -0.39 is 35.9 Å². The fraction of sp³-hybridized carbons (Fsp3) is 0.375. The van der Waals surface area contributed by atoms with Gasteiger partial charge in [-0.05, 0) is 41.3 Å². The molecule has 0 aliphatic heterocycles. The largest absolute Gasteiger partial charge is 0.508 e. The van der Waals surface area contributed by atoms with Gasteiger partial charge in [0, 0.05) is 12.8 Å². The summed E-state index contributed by atoms with van der Waals surface area (Å²) in [5, 5.41) is 33.7. The monoisotopic (exact) mass is 457 g/mol. The highest BCUT2D eigenvalue weighted by Crippen LogP contribution is 2.14. The number of aromatic hydroxyl groups is 2. The van der Waals surface area contributed by atoms with E-state index in [2.05, 4.69) is 10.6 Å². The molecule has 33 heavy (non-hydrogen) atoms. The van der Waals surface area contributed by atoms with Crippen molar-refractivity contribution in [2.75, 3.05) is 0 Å². The average molecular weight is 458 g/mol. The van der Waals surface area contributed by atoms with Crippen molar-refractivity contribution in [1.82, 2.24) is 10.6 Å². The molecular weight excluding hydrogens is 426 g/mol. The third kappa shape index (κ3) is 7.80. The minimum Gasteiger partial charge on any atom is -0.508 e. The van der Waals surface area contributed by atoms with Crippen molar-refractivity contribution in [3.05, 3.63) is 59.7 Å². The first kappa shape index (κ1) is 25.7. The van der Waals surface area contributed by atoms with Gasteiger partial charge >= 0.3 is 5.97 Å². The van der Waals surface area contributed by atoms with E-state index in [1.807, 2.05) is 13.8 Å². The highest BCUT2D eigenvalue weighted by molar-refractivity contribution is 5.92. The van der Waals surface area contributed by atoms with Crippen LogP contribution in [0.2, 0.25) is 0 Å². The Morgan fingerprint density at radius 3 is 1.67 bits per heavy atom. The van der Waals surface area contributed by atoms with E-state index in [1.165, 1.54) is 24.3 Å². The van der Waals surface area contributed by atoms with Gasteiger partial charge in [-0.15, -0.1) is 0 Å². The van der Waals surface area contributed by atoms with Crippen molar-refractivity contribution in [3.63, 3.8) is 0 Å². The molecule has 7 N–H and O–H groups in total. The fourth-order valence-corrected chi connectivity index (χ4v) is 3.20. The summed E-state index contributed by atoms with van der Waals surface area (Å²) in [7, 11) is 0. The summed E-state index contributed by atoms with van der Waals surface area (Å²) in [4.78, 5) is 37.5. The number of benzene rings is 2. The third-order valence-corrected chi connectivity index (χ3v) is 5.56. The van der Waals surface area contributed by atoms with Crippen molar-refractivity contribution in [2.24, 2.45) is 11.7 Å². The quantitative estimate of drug-likeness (QED) is 0.296. The number of rotatable bonds is 11. The topological polar surface area (TPSA) is 162 Å². The van der Waals surface area contributed by atoms with Crippen LogP contribution in [-0.4, -0.2) is 51.2 Å². The Labute approximate surface area is 192 Å². The Hall–Kier alpha value is -3.59. The second kappa shape index (κ2) is 11.9. The molecule has 2 rings (SSSR count). The number of hydrogen-bond donors (Lipinski definition) is 6. The van der Waals surface area contributed by atoms with Crippen LogP contribution in [0, 0.1) is 5.92 Å². The number of carboxylic acid groups (broad SMARTS) is 1. The van der Waals surface area contributed by atoms with Crippen LogP contribution < -0.4 is 16.4 Å². The van der Waals surface area contributed by atoms with Crippen LogP contribution in [0.15, 0.2) is 48.5 Å². The van der Waals surface area contributed by atoms with Gasteiger partial charge < -0.3 is 31.7 Å². The minimum atomic E-state index is -1.25. The van der Waals surface area contributed by atoms with Gasteiger partial charge in [-0.25, -0.2) is 4.79 Å². The summed E-state index contributed by atoms with van der Waals surface area (Å²) in [6.07, 6.45) is 0.751. The number of hydrogen-bond acceptors (Lipinski definition) is 6. The maximum Gasteiger partial charge on any atom is 0.326 e. The van der Waals surface area contributed by atoms with Crippen LogP contribution in [-0.2, 0) is 27.2 Å². The molecule has 0 saturated carbocycles. The van der Waals surface area contributed by atoms with Crippen LogP contribution in [0.5, 0.6) is 11.5 Å². The molecule has 4 atom stereocenters. The smallest absolute Gasteiger partial charge is 0.326 e. The molecule has 0 aliphatic rings. The summed E-state index contributed by atoms with van der Waals surface area (Å²) in [5.74, 6) is -2.41. The van der Waals surface area contributed by atoms with Crippen LogP contribution in [0.4, 0.5) is 0 Å². The third-order valence-electron chi connectivity index (χ3n) is 5.56. The number of aliphatic carboxylic acids is 1. The molecule has 178 valence electrons. The van der Waals surface area contributed by atoms with Crippen LogP contribution in [0.3, 0.4) is 0 Å². The molecule has 0 bridgehead atoms. The fourth-order valence-electron chi connectivity index (χ4n) is 3.20. The van der Waals surface area contributed by atoms with E-state index in [-0.39, 0.29) is 30.3 Å². The molecule has 0 aliphatic carbocycles. The van der Waals surface area contributed by atoms with E-state index in [9.17, 15) is 29.7 Å². The Morgan fingerprint density at radius 2 is 1.24 bits per heavy atom. The molecule has 9 heteroatoms. The average Bonchev–Trinajstić information content (AvgIpc) is 2.79. The second-order valence-corrected chi connectivity index (χ2v) is 8.11. The maximum absolute atomic E-state index is 13.1. The molecule has 0 heterocycles. The Balaban J connectivity index is 2.20. The number of phenolic OH excluding ortho intramolecular Hbond substituents is 2. The Bertz CT molecular complexity index is 946. The van der Waals surface area contributed by atoms with Crippen molar-refractivity contribution >= 4 is 17.8 Å². The van der Waals surface area contributed by atoms with Crippen LogP contribution in [0.1, 0.15) is 31.4 Å². The predicted molar refractivity (Wildman–Crippen MR) is 123 cm³/mol. The summed E-state index contributed by atoms with van der Waals surface area (Å²) in [6.45, 7) is 3.73. The van der Waals surface area contributed by atoms with E-state index >= 15 is 0 Å². The standard InChI is InChI=1S/C24H31N3O6/c1-3-14(2)21(25)23(31)26-19(12-15-4-8-17(28)9-5-15)22(30)27-20(24(32)33)13-16-6-10-18(29)11-7-16/h4-11,14,19-21,28-29H,3,12-13,25H2,1-2H3,(H,26,31)(H,27,30)(H,32,33)/t14-,19-,20-,21-/m0/s1. The minimum absolute atomic E-state index is 0.00634. The predicted octanol–water partition coefficient (Wildman–Crippen LogP) is 1.31. The maximum atomic E-state index is 13.1. The number of amides is 2.